The lowest BCUT2D eigenvalue weighted by molar-refractivity contribution is -0.0204. The van der Waals surface area contributed by atoms with Gasteiger partial charge in [0.05, 0.1) is 12.8 Å². The molecule has 0 saturated carbocycles. The van der Waals surface area contributed by atoms with Crippen LogP contribution in [0.4, 0.5) is 5.69 Å². The Labute approximate surface area is 190 Å². The van der Waals surface area contributed by atoms with Crippen LogP contribution in [0.1, 0.15) is 28.0 Å². The smallest absolute Gasteiger partial charge is 0.274 e. The van der Waals surface area contributed by atoms with Crippen molar-refractivity contribution in [3.8, 4) is 11.4 Å². The third-order valence-corrected chi connectivity index (χ3v) is 6.10. The van der Waals surface area contributed by atoms with Crippen LogP contribution in [0, 0.1) is 6.92 Å². The molecule has 2 unspecified atom stereocenters. The quantitative estimate of drug-likeness (QED) is 0.441. The maximum Gasteiger partial charge on any atom is 0.274 e. The zero-order valence-corrected chi connectivity index (χ0v) is 18.3. The first kappa shape index (κ1) is 21.4. The molecule has 0 radical (unpaired) electrons. The van der Waals surface area contributed by atoms with Crippen molar-refractivity contribution in [3.63, 3.8) is 0 Å². The summed E-state index contributed by atoms with van der Waals surface area (Å²) in [5.74, 6) is 0.195. The molecule has 1 aliphatic rings. The molecule has 0 aliphatic carbocycles. The average Bonchev–Trinajstić information content (AvgIpc) is 3.48. The van der Waals surface area contributed by atoms with Crippen molar-refractivity contribution in [2.75, 3.05) is 25.0 Å². The first-order valence-electron chi connectivity index (χ1n) is 10.1. The van der Waals surface area contributed by atoms with Gasteiger partial charge in [0.2, 0.25) is 5.82 Å². The molecule has 12 heteroatoms. The molecule has 3 aromatic heterocycles. The summed E-state index contributed by atoms with van der Waals surface area (Å²) in [5, 5.41) is 6.92. The lowest BCUT2D eigenvalue weighted by Gasteiger charge is -2.31. The molecule has 4 aromatic rings. The Morgan fingerprint density at radius 2 is 2.18 bits per heavy atom. The summed E-state index contributed by atoms with van der Waals surface area (Å²) in [7, 11) is 0. The Morgan fingerprint density at radius 3 is 3.03 bits per heavy atom. The number of benzene rings is 1. The van der Waals surface area contributed by atoms with Gasteiger partial charge in [-0.25, -0.2) is 9.29 Å². The second-order valence-electron chi connectivity index (χ2n) is 7.48. The first-order chi connectivity index (χ1) is 16.0. The summed E-state index contributed by atoms with van der Waals surface area (Å²) in [6, 6.07) is 10.9. The van der Waals surface area contributed by atoms with Crippen LogP contribution >= 0.6 is 0 Å². The number of imidazole rings is 1. The molecule has 1 N–H and O–H groups in total. The van der Waals surface area contributed by atoms with E-state index in [9.17, 15) is 13.6 Å². The van der Waals surface area contributed by atoms with Crippen molar-refractivity contribution < 1.29 is 22.8 Å². The van der Waals surface area contributed by atoms with E-state index >= 15 is 0 Å². The summed E-state index contributed by atoms with van der Waals surface area (Å²) >= 11 is -2.34. The lowest BCUT2D eigenvalue weighted by Crippen LogP contribution is -2.39. The largest absolute Gasteiger partial charge is 0.760 e. The molecular formula is C21H19N6O5S-. The second-order valence-corrected chi connectivity index (χ2v) is 8.43. The number of fused-ring (bicyclic) bond motifs is 1. The monoisotopic (exact) mass is 467 g/mol. The standard InChI is InChI=1S/C21H20N6O5S/c1-13-5-6-14(19-24-21(32-25-19)17-12-26(33(29)30)8-9-31-17)10-15(13)23-20(28)16-11-22-18-4-2-3-7-27(16)18/h2-7,10-11,17H,8-9,12H2,1H3,(H,23,28)(H,29,30)/p-1. The highest BCUT2D eigenvalue weighted by molar-refractivity contribution is 7.76. The van der Waals surface area contributed by atoms with E-state index in [0.29, 0.717) is 28.4 Å². The van der Waals surface area contributed by atoms with Crippen LogP contribution in [0.15, 0.2) is 53.3 Å². The molecule has 33 heavy (non-hydrogen) atoms. The minimum atomic E-state index is -2.34. The van der Waals surface area contributed by atoms with Crippen molar-refractivity contribution in [1.29, 1.82) is 0 Å². The van der Waals surface area contributed by atoms with Gasteiger partial charge in [-0.1, -0.05) is 23.4 Å². The number of hydrogen-bond acceptors (Lipinski definition) is 8. The Kier molecular flexibility index (Phi) is 5.72. The zero-order valence-electron chi connectivity index (χ0n) is 17.5. The van der Waals surface area contributed by atoms with E-state index in [1.54, 1.807) is 16.7 Å². The van der Waals surface area contributed by atoms with Gasteiger partial charge in [0, 0.05) is 41.8 Å². The van der Waals surface area contributed by atoms with Crippen molar-refractivity contribution in [1.82, 2.24) is 23.8 Å². The van der Waals surface area contributed by atoms with Gasteiger partial charge in [-0.2, -0.15) is 4.98 Å². The molecule has 1 saturated heterocycles. The molecule has 4 heterocycles. The topological polar surface area (TPSA) is 138 Å². The second kappa shape index (κ2) is 8.83. The lowest BCUT2D eigenvalue weighted by atomic mass is 10.1. The van der Waals surface area contributed by atoms with Crippen LogP contribution in [0.2, 0.25) is 0 Å². The Balaban J connectivity index is 1.37. The van der Waals surface area contributed by atoms with Gasteiger partial charge in [0.15, 0.2) is 0 Å². The predicted molar refractivity (Wildman–Crippen MR) is 117 cm³/mol. The Morgan fingerprint density at radius 1 is 1.30 bits per heavy atom. The molecule has 11 nitrogen and oxygen atoms in total. The summed E-state index contributed by atoms with van der Waals surface area (Å²) in [6.07, 6.45) is 2.66. The normalized spacial score (nSPS) is 17.8. The Hall–Kier alpha value is -3.45. The van der Waals surface area contributed by atoms with Crippen molar-refractivity contribution in [2.45, 2.75) is 13.0 Å². The van der Waals surface area contributed by atoms with Crippen LogP contribution < -0.4 is 5.32 Å². The first-order valence-corrected chi connectivity index (χ1v) is 11.2. The number of amides is 1. The fourth-order valence-corrected chi connectivity index (χ4v) is 4.06. The third-order valence-electron chi connectivity index (χ3n) is 5.35. The number of nitrogens with one attached hydrogen (secondary N) is 1. The SMILES string of the molecule is Cc1ccc(-c2noc(C3CN(S(=O)[O-])CCO3)n2)cc1NC(=O)c1cnc2ccccn12. The fraction of sp³-hybridized carbons (Fsp3) is 0.238. The van der Waals surface area contributed by atoms with Gasteiger partial charge >= 0.3 is 0 Å². The van der Waals surface area contributed by atoms with E-state index in [2.05, 4.69) is 20.4 Å². The molecule has 5 rings (SSSR count). The number of aromatic nitrogens is 4. The molecule has 1 amide bonds. The van der Waals surface area contributed by atoms with E-state index in [0.717, 1.165) is 5.56 Å². The number of aryl methyl sites for hydroxylation is 1. The highest BCUT2D eigenvalue weighted by Crippen LogP contribution is 2.27. The number of nitrogens with zero attached hydrogens (tertiary/aromatic N) is 5. The zero-order chi connectivity index (χ0) is 22.9. The molecule has 2 atom stereocenters. The fourth-order valence-electron chi connectivity index (χ4n) is 3.58. The van der Waals surface area contributed by atoms with Gasteiger partial charge < -0.3 is 19.1 Å². The van der Waals surface area contributed by atoms with Gasteiger partial charge in [-0.3, -0.25) is 13.4 Å². The van der Waals surface area contributed by atoms with Gasteiger partial charge in [-0.05, 0) is 30.7 Å². The van der Waals surface area contributed by atoms with Crippen LogP contribution in [-0.2, 0) is 16.0 Å². The van der Waals surface area contributed by atoms with E-state index in [4.69, 9.17) is 9.26 Å². The molecule has 0 bridgehead atoms. The van der Waals surface area contributed by atoms with Crippen LogP contribution in [0.25, 0.3) is 17.0 Å². The van der Waals surface area contributed by atoms with E-state index in [1.807, 2.05) is 37.3 Å². The molecular weight excluding hydrogens is 448 g/mol. The van der Waals surface area contributed by atoms with E-state index in [-0.39, 0.29) is 31.5 Å². The molecule has 1 fully saturated rings. The highest BCUT2D eigenvalue weighted by Gasteiger charge is 2.27. The average molecular weight is 467 g/mol. The van der Waals surface area contributed by atoms with E-state index in [1.165, 1.54) is 10.5 Å². The molecule has 0 spiro atoms. The van der Waals surface area contributed by atoms with E-state index < -0.39 is 17.4 Å². The third kappa shape index (κ3) is 4.28. The summed E-state index contributed by atoms with van der Waals surface area (Å²) in [4.78, 5) is 21.5. The summed E-state index contributed by atoms with van der Waals surface area (Å²) in [5.41, 5.74) is 3.17. The van der Waals surface area contributed by atoms with Gasteiger partial charge in [0.1, 0.15) is 17.4 Å². The maximum atomic E-state index is 12.9. The van der Waals surface area contributed by atoms with Gasteiger partial charge in [0.25, 0.3) is 11.8 Å². The number of morpholine rings is 1. The molecule has 1 aromatic carbocycles. The number of rotatable bonds is 5. The summed E-state index contributed by atoms with van der Waals surface area (Å²) < 4.78 is 36.4. The minimum Gasteiger partial charge on any atom is -0.760 e. The highest BCUT2D eigenvalue weighted by atomic mass is 32.2. The van der Waals surface area contributed by atoms with Crippen LogP contribution in [0.5, 0.6) is 0 Å². The molecule has 170 valence electrons. The minimum absolute atomic E-state index is 0.103. The van der Waals surface area contributed by atoms with Crippen molar-refractivity contribution in [3.05, 3.63) is 65.9 Å². The summed E-state index contributed by atoms with van der Waals surface area (Å²) in [6.45, 7) is 2.50. The van der Waals surface area contributed by atoms with Crippen LogP contribution in [0.3, 0.4) is 0 Å². The molecule has 1 aliphatic heterocycles. The number of carbonyl (C=O) groups is 1. The predicted octanol–water partition coefficient (Wildman–Crippen LogP) is 2.11. The number of anilines is 1. The Bertz CT molecular complexity index is 1350. The number of hydrogen-bond donors (Lipinski definition) is 1. The van der Waals surface area contributed by atoms with Gasteiger partial charge in [-0.15, -0.1) is 0 Å². The number of ether oxygens (including phenoxy) is 1. The maximum absolute atomic E-state index is 12.9. The van der Waals surface area contributed by atoms with Crippen molar-refractivity contribution >= 4 is 28.5 Å². The van der Waals surface area contributed by atoms with Crippen molar-refractivity contribution in [2.24, 2.45) is 0 Å². The number of carbonyl (C=O) groups excluding carboxylic acids is 1. The number of pyridine rings is 1. The van der Waals surface area contributed by atoms with Crippen LogP contribution in [-0.4, -0.2) is 58.2 Å².